The van der Waals surface area contributed by atoms with E-state index in [1.54, 1.807) is 12.1 Å². The average molecular weight is 221 g/mol. The van der Waals surface area contributed by atoms with E-state index >= 15 is 0 Å². The molecule has 1 saturated heterocycles. The van der Waals surface area contributed by atoms with E-state index in [9.17, 15) is 4.79 Å². The molecular formula is C11H11NO4. The molecule has 1 atom stereocenters. The summed E-state index contributed by atoms with van der Waals surface area (Å²) in [6.45, 7) is 0.259. The Morgan fingerprint density at radius 2 is 2.12 bits per heavy atom. The van der Waals surface area contributed by atoms with Gasteiger partial charge in [-0.15, -0.1) is 5.06 Å². The van der Waals surface area contributed by atoms with Crippen LogP contribution in [0.4, 0.5) is 0 Å². The number of ether oxygens (including phenoxy) is 2. The van der Waals surface area contributed by atoms with E-state index in [-0.39, 0.29) is 18.8 Å². The highest BCUT2D eigenvalue weighted by atomic mass is 16.7. The molecular weight excluding hydrogens is 210 g/mol. The molecule has 1 aromatic carbocycles. The molecule has 16 heavy (non-hydrogen) atoms. The first-order valence-electron chi connectivity index (χ1n) is 5.07. The van der Waals surface area contributed by atoms with Crippen LogP contribution in [0.3, 0.4) is 0 Å². The van der Waals surface area contributed by atoms with Gasteiger partial charge < -0.3 is 14.3 Å². The summed E-state index contributed by atoms with van der Waals surface area (Å²) >= 11 is 0. The van der Waals surface area contributed by atoms with Gasteiger partial charge in [0.25, 0.3) is 0 Å². The van der Waals surface area contributed by atoms with E-state index in [0.717, 1.165) is 17.1 Å². The molecule has 5 nitrogen and oxygen atoms in total. The van der Waals surface area contributed by atoms with Crippen molar-refractivity contribution in [3.05, 3.63) is 23.8 Å². The third-order valence-corrected chi connectivity index (χ3v) is 2.83. The number of nitrogens with zero attached hydrogens (tertiary/aromatic N) is 1. The largest absolute Gasteiger partial charge is 0.454 e. The SMILES string of the molecule is CN1OC(=O)CC1c1ccc2c(c1)OCO2. The molecule has 0 bridgehead atoms. The van der Waals surface area contributed by atoms with Gasteiger partial charge in [0.15, 0.2) is 11.5 Å². The van der Waals surface area contributed by atoms with Crippen molar-refractivity contribution in [2.45, 2.75) is 12.5 Å². The quantitative estimate of drug-likeness (QED) is 0.714. The second-order valence-electron chi connectivity index (χ2n) is 3.84. The van der Waals surface area contributed by atoms with Gasteiger partial charge in [0, 0.05) is 7.05 Å². The molecule has 0 saturated carbocycles. The fraction of sp³-hybridized carbons (Fsp3) is 0.364. The number of fused-ring (bicyclic) bond motifs is 1. The molecule has 3 rings (SSSR count). The van der Waals surface area contributed by atoms with Gasteiger partial charge in [-0.1, -0.05) is 6.07 Å². The van der Waals surface area contributed by atoms with Crippen LogP contribution in [0.1, 0.15) is 18.0 Å². The second-order valence-corrected chi connectivity index (χ2v) is 3.84. The van der Waals surface area contributed by atoms with Gasteiger partial charge in [-0.2, -0.15) is 0 Å². The van der Waals surface area contributed by atoms with Crippen LogP contribution in [0.5, 0.6) is 11.5 Å². The van der Waals surface area contributed by atoms with Gasteiger partial charge in [0.2, 0.25) is 6.79 Å². The van der Waals surface area contributed by atoms with Crippen molar-refractivity contribution in [1.29, 1.82) is 0 Å². The minimum absolute atomic E-state index is 0.0398. The van der Waals surface area contributed by atoms with Crippen LogP contribution < -0.4 is 9.47 Å². The van der Waals surface area contributed by atoms with Crippen LogP contribution >= 0.6 is 0 Å². The van der Waals surface area contributed by atoms with Crippen LogP contribution in [0.25, 0.3) is 0 Å². The van der Waals surface area contributed by atoms with E-state index in [2.05, 4.69) is 0 Å². The average Bonchev–Trinajstić information content (AvgIpc) is 2.83. The zero-order valence-electron chi connectivity index (χ0n) is 8.80. The van der Waals surface area contributed by atoms with Crippen molar-refractivity contribution in [2.75, 3.05) is 13.8 Å². The minimum Gasteiger partial charge on any atom is -0.454 e. The van der Waals surface area contributed by atoms with E-state index in [1.165, 1.54) is 0 Å². The summed E-state index contributed by atoms with van der Waals surface area (Å²) in [7, 11) is 1.75. The fourth-order valence-electron chi connectivity index (χ4n) is 2.00. The Morgan fingerprint density at radius 3 is 2.88 bits per heavy atom. The lowest BCUT2D eigenvalue weighted by molar-refractivity contribution is -0.169. The van der Waals surface area contributed by atoms with Gasteiger partial charge in [-0.25, -0.2) is 0 Å². The smallest absolute Gasteiger partial charge is 0.327 e. The number of hydroxylamine groups is 2. The number of rotatable bonds is 1. The Kier molecular flexibility index (Phi) is 2.00. The molecule has 0 aliphatic carbocycles. The van der Waals surface area contributed by atoms with Gasteiger partial charge in [0.1, 0.15) is 0 Å². The van der Waals surface area contributed by atoms with Gasteiger partial charge in [-0.3, -0.25) is 4.79 Å². The Hall–Kier alpha value is -1.75. The molecule has 2 aliphatic heterocycles. The first kappa shape index (κ1) is 9.47. The number of hydrogen-bond acceptors (Lipinski definition) is 5. The summed E-state index contributed by atoms with van der Waals surface area (Å²) in [5.74, 6) is 1.27. The zero-order chi connectivity index (χ0) is 11.1. The monoisotopic (exact) mass is 221 g/mol. The molecule has 0 N–H and O–H groups in total. The summed E-state index contributed by atoms with van der Waals surface area (Å²) in [5, 5.41) is 1.57. The standard InChI is InChI=1S/C11H11NO4/c1-12-8(5-11(13)16-12)7-2-3-9-10(4-7)15-6-14-9/h2-4,8H,5-6H2,1H3. The van der Waals surface area contributed by atoms with Crippen LogP contribution in [-0.4, -0.2) is 24.9 Å². The van der Waals surface area contributed by atoms with Crippen LogP contribution in [-0.2, 0) is 9.63 Å². The molecule has 5 heteroatoms. The summed E-state index contributed by atoms with van der Waals surface area (Å²) in [6, 6.07) is 5.64. The first-order chi connectivity index (χ1) is 7.74. The summed E-state index contributed by atoms with van der Waals surface area (Å²) in [6.07, 6.45) is 0.371. The van der Waals surface area contributed by atoms with Crippen molar-refractivity contribution in [3.8, 4) is 11.5 Å². The highest BCUT2D eigenvalue weighted by molar-refractivity contribution is 5.72. The molecule has 0 spiro atoms. The van der Waals surface area contributed by atoms with Crippen molar-refractivity contribution >= 4 is 5.97 Å². The van der Waals surface area contributed by atoms with Crippen LogP contribution in [0.15, 0.2) is 18.2 Å². The lowest BCUT2D eigenvalue weighted by atomic mass is 10.0. The molecule has 2 aliphatic rings. The Balaban J connectivity index is 1.92. The molecule has 1 unspecified atom stereocenters. The molecule has 0 aromatic heterocycles. The fourth-order valence-corrected chi connectivity index (χ4v) is 2.00. The third-order valence-electron chi connectivity index (χ3n) is 2.83. The number of hydrogen-bond donors (Lipinski definition) is 0. The lowest BCUT2D eigenvalue weighted by Crippen LogP contribution is -2.16. The number of benzene rings is 1. The highest BCUT2D eigenvalue weighted by Crippen LogP contribution is 2.37. The van der Waals surface area contributed by atoms with Gasteiger partial charge in [0.05, 0.1) is 12.5 Å². The van der Waals surface area contributed by atoms with E-state index in [0.29, 0.717) is 6.42 Å². The Bertz CT molecular complexity index is 446. The number of carbonyl (C=O) groups excluding carboxylic acids is 1. The minimum atomic E-state index is -0.204. The van der Waals surface area contributed by atoms with Crippen molar-refractivity contribution in [2.24, 2.45) is 0 Å². The second kappa shape index (κ2) is 3.38. The van der Waals surface area contributed by atoms with E-state index in [1.807, 2.05) is 18.2 Å². The third kappa shape index (κ3) is 1.40. The Labute approximate surface area is 92.5 Å². The highest BCUT2D eigenvalue weighted by Gasteiger charge is 2.32. The number of carbonyl (C=O) groups is 1. The summed E-state index contributed by atoms with van der Waals surface area (Å²) < 4.78 is 10.5. The molecule has 2 heterocycles. The molecule has 84 valence electrons. The van der Waals surface area contributed by atoms with Crippen LogP contribution in [0, 0.1) is 0 Å². The lowest BCUT2D eigenvalue weighted by Gasteiger charge is -2.16. The predicted octanol–water partition coefficient (Wildman–Crippen LogP) is 1.25. The topological polar surface area (TPSA) is 48.0 Å². The molecule has 0 radical (unpaired) electrons. The maximum Gasteiger partial charge on any atom is 0.327 e. The molecule has 1 aromatic rings. The van der Waals surface area contributed by atoms with E-state index < -0.39 is 0 Å². The summed E-state index contributed by atoms with van der Waals surface area (Å²) in [5.41, 5.74) is 0.998. The maximum atomic E-state index is 11.2. The first-order valence-corrected chi connectivity index (χ1v) is 5.07. The molecule has 0 amide bonds. The maximum absolute atomic E-state index is 11.2. The normalized spacial score (nSPS) is 23.6. The van der Waals surface area contributed by atoms with Gasteiger partial charge >= 0.3 is 5.97 Å². The predicted molar refractivity (Wildman–Crippen MR) is 53.8 cm³/mol. The van der Waals surface area contributed by atoms with E-state index in [4.69, 9.17) is 14.3 Å². The van der Waals surface area contributed by atoms with Crippen molar-refractivity contribution in [3.63, 3.8) is 0 Å². The Morgan fingerprint density at radius 1 is 1.31 bits per heavy atom. The van der Waals surface area contributed by atoms with Crippen molar-refractivity contribution in [1.82, 2.24) is 5.06 Å². The molecule has 1 fully saturated rings. The van der Waals surface area contributed by atoms with Crippen molar-refractivity contribution < 1.29 is 19.1 Å². The summed E-state index contributed by atoms with van der Waals surface area (Å²) in [4.78, 5) is 16.1. The van der Waals surface area contributed by atoms with Gasteiger partial charge in [-0.05, 0) is 17.7 Å². The van der Waals surface area contributed by atoms with Crippen LogP contribution in [0.2, 0.25) is 0 Å². The zero-order valence-corrected chi connectivity index (χ0v) is 8.80.